The van der Waals surface area contributed by atoms with E-state index < -0.39 is 195 Å². The lowest BCUT2D eigenvalue weighted by Crippen LogP contribution is -2.75. The van der Waals surface area contributed by atoms with Crippen LogP contribution in [0.4, 0.5) is 105 Å². The summed E-state index contributed by atoms with van der Waals surface area (Å²) < 4.78 is 344. The molecular weight excluding hydrogens is 1140 g/mol. The molecule has 0 radical (unpaired) electrons. The van der Waals surface area contributed by atoms with Crippen LogP contribution in [0.15, 0.2) is 144 Å². The molecule has 0 saturated carbocycles. The minimum absolute atomic E-state index is 0.691. The number of hydrogen-bond donors (Lipinski definition) is 0. The van der Waals surface area contributed by atoms with Crippen LogP contribution in [0, 0.1) is 0 Å². The highest BCUT2D eigenvalue weighted by atomic mass is 79.9. The van der Waals surface area contributed by atoms with Gasteiger partial charge in [0.1, 0.15) is 6.15 Å². The normalized spacial score (nSPS) is 13.5. The molecule has 75 heavy (non-hydrogen) atoms. The average molecular weight is 1160 g/mol. The van der Waals surface area contributed by atoms with Crippen molar-refractivity contribution in [1.82, 2.24) is 0 Å². The van der Waals surface area contributed by atoms with Gasteiger partial charge in [-0.3, -0.25) is 0 Å². The fourth-order valence-corrected chi connectivity index (χ4v) is 8.69. The topological polar surface area (TPSA) is 3.88 Å². The van der Waals surface area contributed by atoms with Gasteiger partial charge in [-0.1, -0.05) is 91.0 Å². The van der Waals surface area contributed by atoms with E-state index in [2.05, 4.69) is 81.3 Å². The van der Waals surface area contributed by atoms with Crippen molar-refractivity contribution in [2.75, 3.05) is 0 Å². The largest absolute Gasteiger partial charge is 0.416 e. The van der Waals surface area contributed by atoms with Gasteiger partial charge in [0.2, 0.25) is 5.52 Å². The van der Waals surface area contributed by atoms with E-state index in [1.54, 1.807) is 0 Å². The molecule has 0 spiro atoms. The zero-order valence-corrected chi connectivity index (χ0v) is 38.0. The van der Waals surface area contributed by atoms with Gasteiger partial charge >= 0.3 is 49.4 Å². The molecule has 0 saturated heterocycles. The van der Waals surface area contributed by atoms with Crippen LogP contribution in [0.5, 0.6) is 0 Å². The minimum Gasteiger partial charge on any atom is -0.194 e. The van der Waals surface area contributed by atoms with Crippen molar-refractivity contribution in [2.24, 2.45) is 0 Å². The first-order chi connectivity index (χ1) is 34.1. The third-order valence-corrected chi connectivity index (χ3v) is 12.2. The van der Waals surface area contributed by atoms with Gasteiger partial charge in [-0.2, -0.15) is 132 Å². The predicted molar refractivity (Wildman–Crippen MR) is 227 cm³/mol. The van der Waals surface area contributed by atoms with E-state index in [9.17, 15) is 105 Å². The maximum Gasteiger partial charge on any atom is 0.416 e. The summed E-state index contributed by atoms with van der Waals surface area (Å²) in [6.07, 6.45) is -52.7. The van der Waals surface area contributed by atoms with Crippen molar-refractivity contribution in [2.45, 2.75) is 56.0 Å². The van der Waals surface area contributed by atoms with Gasteiger partial charge in [-0.25, -0.2) is 0 Å². The Kier molecular flexibility index (Phi) is 15.4. The van der Waals surface area contributed by atoms with Crippen LogP contribution in [-0.4, -0.2) is 6.15 Å². The molecule has 0 unspecified atom stereocenters. The number of rotatable bonds is 6. The third kappa shape index (κ3) is 13.0. The number of hydrogen-bond acceptors (Lipinski definition) is 0. The zero-order chi connectivity index (χ0) is 56.3. The van der Waals surface area contributed by atoms with Gasteiger partial charge < -0.3 is 0 Å². The fourth-order valence-electron chi connectivity index (χ4n) is 8.24. The lowest BCUT2D eigenvalue weighted by atomic mass is 9.12. The lowest BCUT2D eigenvalue weighted by molar-refractivity contribution is -0.662. The molecule has 0 amide bonds. The first-order valence-electron chi connectivity index (χ1n) is 20.6. The van der Waals surface area contributed by atoms with E-state index in [-0.39, 0.29) is 0 Å². The highest BCUT2D eigenvalue weighted by molar-refractivity contribution is 9.10. The van der Waals surface area contributed by atoms with Crippen LogP contribution in [-0.2, 0) is 56.0 Å². The Morgan fingerprint density at radius 1 is 0.320 bits per heavy atom. The van der Waals surface area contributed by atoms with Crippen LogP contribution in [0.2, 0.25) is 0 Å². The molecule has 1 aromatic heterocycles. The third-order valence-electron chi connectivity index (χ3n) is 11.5. The van der Waals surface area contributed by atoms with E-state index in [1.165, 1.54) is 16.5 Å². The lowest BCUT2D eigenvalue weighted by Gasteiger charge is -2.46. The summed E-state index contributed by atoms with van der Waals surface area (Å²) in [6.45, 7) is 0.897. The number of para-hydroxylation sites is 1. The summed E-state index contributed by atoms with van der Waals surface area (Å²) in [4.78, 5) is 0. The number of benzene rings is 6. The molecule has 0 bridgehead atoms. The molecule has 0 aliphatic heterocycles. The molecule has 7 aromatic rings. The van der Waals surface area contributed by atoms with Gasteiger partial charge in [0.05, 0.1) is 49.9 Å². The molecule has 0 aliphatic carbocycles. The highest BCUT2D eigenvalue weighted by Gasteiger charge is 2.47. The number of halogens is 25. The maximum atomic E-state index is 14.2. The summed E-state index contributed by atoms with van der Waals surface area (Å²) in [5, 5.41) is 1.25. The first kappa shape index (κ1) is 57.9. The molecule has 1 heterocycles. The van der Waals surface area contributed by atoms with Crippen molar-refractivity contribution in [3.63, 3.8) is 0 Å². The smallest absolute Gasteiger partial charge is 0.194 e. The Bertz CT molecular complexity index is 2760. The van der Waals surface area contributed by atoms with Crippen LogP contribution in [0.3, 0.4) is 0 Å². The van der Waals surface area contributed by atoms with E-state index in [1.807, 2.05) is 6.07 Å². The van der Waals surface area contributed by atoms with Gasteiger partial charge in [-0.15, -0.1) is 0 Å². The summed E-state index contributed by atoms with van der Waals surface area (Å²) in [5.74, 6) is 0. The SMILES string of the molecule is Brc1cc[n+](Cc2ccccc2)c2ccccc12.FC(F)(F)c1cc([B-](c2cc(C(F)(F)F)cc(C(F)(F)F)c2)(c2cc(C(F)(F)F)cc(C(F)(F)F)c2)c2cc(C(F)(F)F)cc(C(F)(F)F)c2)cc(C(F)(F)F)c1. The van der Waals surface area contributed by atoms with Gasteiger partial charge in [0, 0.05) is 22.2 Å². The molecule has 400 valence electrons. The number of fused-ring (bicyclic) bond motifs is 1. The summed E-state index contributed by atoms with van der Waals surface area (Å²) in [5.41, 5.74) is -27.6. The Morgan fingerprint density at radius 3 is 0.840 bits per heavy atom. The first-order valence-corrected chi connectivity index (χ1v) is 21.4. The van der Waals surface area contributed by atoms with Gasteiger partial charge in [0.15, 0.2) is 12.7 Å². The summed E-state index contributed by atoms with van der Waals surface area (Å²) in [6, 6.07) is 12.3. The fraction of sp³-hybridized carbons (Fsp3) is 0.188. The molecule has 7 rings (SSSR count). The van der Waals surface area contributed by atoms with E-state index in [0.29, 0.717) is 0 Å². The van der Waals surface area contributed by atoms with Gasteiger partial charge in [0.25, 0.3) is 0 Å². The number of nitrogens with zero attached hydrogens (tertiary/aromatic N) is 1. The molecule has 27 heteroatoms. The number of aromatic nitrogens is 1. The van der Waals surface area contributed by atoms with Crippen molar-refractivity contribution in [3.05, 3.63) is 194 Å². The Morgan fingerprint density at radius 2 is 0.573 bits per heavy atom. The molecule has 0 fully saturated rings. The van der Waals surface area contributed by atoms with Crippen molar-refractivity contribution in [1.29, 1.82) is 0 Å². The highest BCUT2D eigenvalue weighted by Crippen LogP contribution is 2.41. The van der Waals surface area contributed by atoms with Crippen molar-refractivity contribution >= 4 is 54.8 Å². The molecule has 6 aromatic carbocycles. The van der Waals surface area contributed by atoms with Crippen LogP contribution in [0.25, 0.3) is 10.9 Å². The second-order valence-corrected chi connectivity index (χ2v) is 17.4. The number of pyridine rings is 1. The van der Waals surface area contributed by atoms with E-state index in [4.69, 9.17) is 0 Å². The second kappa shape index (κ2) is 19.9. The standard InChI is InChI=1S/C32H12BF24.C16H13BrN/c34-25(35,36)13-1-14(26(37,38)39)6-21(5-13)33(22-7-15(27(40,41)42)2-16(8-22)28(43,44)45,23-9-17(29(46,47)48)3-18(10-23)30(49,50)51)24-11-19(31(52,53)54)4-20(12-24)32(55,56)57;17-15-10-11-18(12-13-6-2-1-3-7-13)16-9-5-4-8-14(15)16/h1-12H;1-11H,12H2/q-1;+1. The Hall–Kier alpha value is -6.41. The molecular formula is C48H25BBrF24N. The summed E-state index contributed by atoms with van der Waals surface area (Å²) >= 11 is 3.60. The quantitative estimate of drug-likeness (QED) is 0.0888. The van der Waals surface area contributed by atoms with E-state index >= 15 is 0 Å². The minimum atomic E-state index is -6.13. The average Bonchev–Trinajstić information content (AvgIpc) is 3.28. The van der Waals surface area contributed by atoms with Gasteiger partial charge in [-0.05, 0) is 46.3 Å². The van der Waals surface area contributed by atoms with Crippen molar-refractivity contribution < 1.29 is 110 Å². The summed E-state index contributed by atoms with van der Waals surface area (Å²) in [7, 11) is 0. The van der Waals surface area contributed by atoms with E-state index in [0.717, 1.165) is 11.0 Å². The Labute approximate surface area is 414 Å². The Balaban J connectivity index is 0.000000421. The molecule has 0 aliphatic rings. The maximum absolute atomic E-state index is 14.2. The van der Waals surface area contributed by atoms with Crippen LogP contribution < -0.4 is 26.4 Å². The van der Waals surface area contributed by atoms with Crippen LogP contribution in [0.1, 0.15) is 50.1 Å². The van der Waals surface area contributed by atoms with Crippen molar-refractivity contribution in [3.8, 4) is 0 Å². The predicted octanol–water partition coefficient (Wildman–Crippen LogP) is 15.2. The van der Waals surface area contributed by atoms with Crippen LogP contribution >= 0.6 is 15.9 Å². The molecule has 0 N–H and O–H groups in total. The second-order valence-electron chi connectivity index (χ2n) is 16.5. The number of alkyl halides is 24. The monoisotopic (exact) mass is 1160 g/mol. The molecule has 1 nitrogen and oxygen atoms in total. The zero-order valence-electron chi connectivity index (χ0n) is 36.5. The molecule has 0 atom stereocenters.